The van der Waals surface area contributed by atoms with Crippen molar-refractivity contribution in [1.29, 1.82) is 0 Å². The summed E-state index contributed by atoms with van der Waals surface area (Å²) >= 11 is 0. The molecule has 2 aliphatic rings. The lowest BCUT2D eigenvalue weighted by Gasteiger charge is -2.48. The van der Waals surface area contributed by atoms with Crippen LogP contribution in [0.15, 0.2) is 35.5 Å². The molecule has 0 spiro atoms. The van der Waals surface area contributed by atoms with Crippen LogP contribution in [0, 0.1) is 17.3 Å². The molecule has 2 aliphatic carbocycles. The molecule has 144 valence electrons. The van der Waals surface area contributed by atoms with Crippen LogP contribution in [0.3, 0.4) is 0 Å². The van der Waals surface area contributed by atoms with E-state index in [1.807, 2.05) is 20.3 Å². The van der Waals surface area contributed by atoms with E-state index in [0.717, 1.165) is 38.6 Å². The highest BCUT2D eigenvalue weighted by molar-refractivity contribution is 5.62. The molecule has 0 heterocycles. The Balaban J connectivity index is 1.58. The summed E-state index contributed by atoms with van der Waals surface area (Å²) < 4.78 is 0. The summed E-state index contributed by atoms with van der Waals surface area (Å²) in [4.78, 5) is 7.49. The smallest absolute Gasteiger partial charge is 0.129 e. The molecular weight excluding hydrogens is 324 g/mol. The van der Waals surface area contributed by atoms with Gasteiger partial charge in [0.05, 0.1) is 5.60 Å². The maximum atomic E-state index is 11.5. The molecule has 1 N–H and O–H groups in total. The van der Waals surface area contributed by atoms with Gasteiger partial charge in [0.1, 0.15) is 6.61 Å². The number of likely N-dealkylation sites (N-methyl/N-ethyl adjacent to an activating group) is 1. The first-order valence-corrected chi connectivity index (χ1v) is 9.99. The predicted octanol–water partition coefficient (Wildman–Crippen LogP) is 3.74. The zero-order valence-corrected chi connectivity index (χ0v) is 16.5. The van der Waals surface area contributed by atoms with Crippen LogP contribution >= 0.6 is 0 Å². The van der Waals surface area contributed by atoms with Gasteiger partial charge in [-0.15, -0.1) is 0 Å². The first-order chi connectivity index (χ1) is 12.4. The average molecular weight is 359 g/mol. The van der Waals surface area contributed by atoms with Crippen LogP contribution in [-0.4, -0.2) is 49.1 Å². The fourth-order valence-electron chi connectivity index (χ4n) is 4.93. The largest absolute Gasteiger partial charge is 0.395 e. The molecule has 0 radical (unpaired) electrons. The van der Waals surface area contributed by atoms with E-state index in [4.69, 9.17) is 4.84 Å². The van der Waals surface area contributed by atoms with Crippen LogP contribution in [0.1, 0.15) is 44.6 Å². The fourth-order valence-corrected chi connectivity index (χ4v) is 4.93. The summed E-state index contributed by atoms with van der Waals surface area (Å²) in [5.74, 6) is 0.882. The fraction of sp³-hybridized carbons (Fsp3) is 0.682. The topological polar surface area (TPSA) is 45.1 Å². The van der Waals surface area contributed by atoms with Crippen molar-refractivity contribution in [1.82, 2.24) is 4.90 Å². The van der Waals surface area contributed by atoms with E-state index < -0.39 is 5.60 Å². The highest BCUT2D eigenvalue weighted by atomic mass is 16.6. The van der Waals surface area contributed by atoms with Gasteiger partial charge < -0.3 is 14.8 Å². The van der Waals surface area contributed by atoms with Crippen molar-refractivity contribution in [2.24, 2.45) is 22.4 Å². The van der Waals surface area contributed by atoms with Crippen LogP contribution in [0.25, 0.3) is 0 Å². The molecule has 1 aromatic rings. The molecule has 2 fully saturated rings. The van der Waals surface area contributed by atoms with Gasteiger partial charge in [0.2, 0.25) is 0 Å². The van der Waals surface area contributed by atoms with Crippen molar-refractivity contribution in [3.05, 3.63) is 35.9 Å². The van der Waals surface area contributed by atoms with Crippen molar-refractivity contribution in [3.63, 3.8) is 0 Å². The van der Waals surface area contributed by atoms with Gasteiger partial charge in [0.15, 0.2) is 0 Å². The molecule has 1 aromatic carbocycles. The minimum absolute atomic E-state index is 0.0748. The Kier molecular flexibility index (Phi) is 6.03. The van der Waals surface area contributed by atoms with Gasteiger partial charge >= 0.3 is 0 Å². The number of hydrogen-bond donors (Lipinski definition) is 1. The van der Waals surface area contributed by atoms with Crippen LogP contribution in [0.4, 0.5) is 0 Å². The van der Waals surface area contributed by atoms with Crippen LogP contribution in [-0.2, 0) is 11.3 Å². The summed E-state index contributed by atoms with van der Waals surface area (Å²) in [5.41, 5.74) is 0.745. The second-order valence-corrected chi connectivity index (χ2v) is 8.78. The third-order valence-corrected chi connectivity index (χ3v) is 6.76. The summed E-state index contributed by atoms with van der Waals surface area (Å²) in [6.07, 6.45) is 8.07. The maximum Gasteiger partial charge on any atom is 0.129 e. The summed E-state index contributed by atoms with van der Waals surface area (Å²) in [6, 6.07) is 10.7. The Morgan fingerprint density at radius 2 is 2.00 bits per heavy atom. The lowest BCUT2D eigenvalue weighted by molar-refractivity contribution is -0.106. The van der Waals surface area contributed by atoms with Crippen LogP contribution < -0.4 is 0 Å². The van der Waals surface area contributed by atoms with Gasteiger partial charge in [-0.25, -0.2) is 0 Å². The maximum absolute atomic E-state index is 11.5. The second kappa shape index (κ2) is 8.10. The molecule has 4 heteroatoms. The number of benzene rings is 1. The minimum atomic E-state index is -0.564. The number of aliphatic hydroxyl groups is 1. The highest BCUT2D eigenvalue weighted by Gasteiger charge is 2.58. The third-order valence-electron chi connectivity index (χ3n) is 6.76. The van der Waals surface area contributed by atoms with Gasteiger partial charge in [-0.3, -0.25) is 0 Å². The van der Waals surface area contributed by atoms with Crippen molar-refractivity contribution < 1.29 is 9.94 Å². The predicted molar refractivity (Wildman–Crippen MR) is 106 cm³/mol. The van der Waals surface area contributed by atoms with Crippen LogP contribution in [0.5, 0.6) is 0 Å². The lowest BCUT2D eigenvalue weighted by atomic mass is 9.59. The Morgan fingerprint density at radius 1 is 1.23 bits per heavy atom. The van der Waals surface area contributed by atoms with Crippen molar-refractivity contribution in [2.45, 2.75) is 51.0 Å². The van der Waals surface area contributed by atoms with E-state index in [1.54, 1.807) is 0 Å². The number of hydrogen-bond acceptors (Lipinski definition) is 4. The van der Waals surface area contributed by atoms with Crippen molar-refractivity contribution >= 4 is 6.21 Å². The summed E-state index contributed by atoms with van der Waals surface area (Å²) in [6.45, 7) is 3.73. The average Bonchev–Trinajstić information content (AvgIpc) is 2.86. The molecule has 0 unspecified atom stereocenters. The number of nitrogens with zero attached hydrogens (tertiary/aromatic N) is 2. The summed E-state index contributed by atoms with van der Waals surface area (Å²) in [5, 5.41) is 15.7. The first-order valence-electron chi connectivity index (χ1n) is 9.99. The molecule has 0 amide bonds. The standard InChI is InChI=1S/C22H34N2O2/c1-21-11-9-19(15-18-7-5-4-6-8-18)16-22(21,25)12-10-20(21)17-23-26-14-13-24(2)3/h4-8,17,19-20,25H,9-16H2,1-3H3/b23-17+/t19-,20+,21+,22-/m0/s1. The monoisotopic (exact) mass is 358 g/mol. The molecule has 0 bridgehead atoms. The van der Waals surface area contributed by atoms with Gasteiger partial charge in [-0.2, -0.15) is 0 Å². The van der Waals surface area contributed by atoms with E-state index in [9.17, 15) is 5.11 Å². The van der Waals surface area contributed by atoms with Gasteiger partial charge in [0, 0.05) is 24.1 Å². The van der Waals surface area contributed by atoms with Crippen LogP contribution in [0.2, 0.25) is 0 Å². The zero-order valence-electron chi connectivity index (χ0n) is 16.5. The van der Waals surface area contributed by atoms with E-state index in [-0.39, 0.29) is 5.41 Å². The molecule has 4 nitrogen and oxygen atoms in total. The third kappa shape index (κ3) is 4.12. The van der Waals surface area contributed by atoms with Gasteiger partial charge in [-0.1, -0.05) is 42.4 Å². The molecular formula is C22H34N2O2. The van der Waals surface area contributed by atoms with Gasteiger partial charge in [0.25, 0.3) is 0 Å². The van der Waals surface area contributed by atoms with E-state index in [0.29, 0.717) is 18.4 Å². The lowest BCUT2D eigenvalue weighted by Crippen LogP contribution is -2.50. The molecule has 0 aliphatic heterocycles. The molecule has 3 rings (SSSR count). The Bertz CT molecular complexity index is 603. The molecule has 0 saturated heterocycles. The first kappa shape index (κ1) is 19.4. The molecule has 26 heavy (non-hydrogen) atoms. The van der Waals surface area contributed by atoms with Crippen molar-refractivity contribution in [3.8, 4) is 0 Å². The van der Waals surface area contributed by atoms with E-state index >= 15 is 0 Å². The normalized spacial score (nSPS) is 34.3. The SMILES string of the molecule is CN(C)CCO/N=C/[C@H]1CC[C@]2(O)C[C@H](Cc3ccccc3)CC[C@]12C. The Labute approximate surface area is 158 Å². The molecule has 2 saturated carbocycles. The Hall–Kier alpha value is -1.39. The number of rotatable bonds is 7. The number of oxime groups is 1. The minimum Gasteiger partial charge on any atom is -0.395 e. The van der Waals surface area contributed by atoms with E-state index in [2.05, 4.69) is 47.3 Å². The van der Waals surface area contributed by atoms with E-state index in [1.165, 1.54) is 12.0 Å². The zero-order chi connectivity index (χ0) is 18.6. The summed E-state index contributed by atoms with van der Waals surface area (Å²) in [7, 11) is 4.05. The highest BCUT2D eigenvalue weighted by Crippen LogP contribution is 2.58. The van der Waals surface area contributed by atoms with Crippen molar-refractivity contribution in [2.75, 3.05) is 27.2 Å². The quantitative estimate of drug-likeness (QED) is 0.459. The number of fused-ring (bicyclic) bond motifs is 1. The van der Waals surface area contributed by atoms with Gasteiger partial charge in [-0.05, 0) is 64.1 Å². The molecule has 0 aromatic heterocycles. The second-order valence-electron chi connectivity index (χ2n) is 8.78. The molecule has 4 atom stereocenters. The Morgan fingerprint density at radius 3 is 2.73 bits per heavy atom.